The van der Waals surface area contributed by atoms with Crippen molar-refractivity contribution >= 4 is 22.2 Å². The van der Waals surface area contributed by atoms with Gasteiger partial charge in [-0.05, 0) is 25.5 Å². The van der Waals surface area contributed by atoms with E-state index >= 15 is 0 Å². The van der Waals surface area contributed by atoms with Crippen LogP contribution in [0.4, 0.5) is 10.7 Å². The molecule has 0 unspecified atom stereocenters. The number of hydrogen-bond donors (Lipinski definition) is 1. The first kappa shape index (κ1) is 15.2. The minimum Gasteiger partial charge on any atom is -0.487 e. The summed E-state index contributed by atoms with van der Waals surface area (Å²) >= 11 is 1.29. The van der Waals surface area contributed by atoms with Crippen LogP contribution < -0.4 is 10.1 Å². The van der Waals surface area contributed by atoms with Gasteiger partial charge in [-0.2, -0.15) is 0 Å². The SMILES string of the molecule is CCCNc1snnc1COc1ccc([N+](=O)[O-])c(C)c1. The van der Waals surface area contributed by atoms with Gasteiger partial charge in [-0.1, -0.05) is 11.4 Å². The molecule has 1 heterocycles. The number of rotatable bonds is 7. The Hall–Kier alpha value is -2.22. The Morgan fingerprint density at radius 3 is 2.95 bits per heavy atom. The monoisotopic (exact) mass is 308 g/mol. The first-order valence-corrected chi connectivity index (χ1v) is 7.32. The van der Waals surface area contributed by atoms with Gasteiger partial charge in [0.1, 0.15) is 23.1 Å². The lowest BCUT2D eigenvalue weighted by atomic mass is 10.2. The number of nitrogens with zero attached hydrogens (tertiary/aromatic N) is 3. The first-order valence-electron chi connectivity index (χ1n) is 6.54. The normalized spacial score (nSPS) is 10.4. The van der Waals surface area contributed by atoms with Crippen LogP contribution in [-0.2, 0) is 6.61 Å². The van der Waals surface area contributed by atoms with E-state index in [4.69, 9.17) is 4.74 Å². The molecule has 0 fully saturated rings. The summed E-state index contributed by atoms with van der Waals surface area (Å²) in [7, 11) is 0. The molecule has 0 atom stereocenters. The van der Waals surface area contributed by atoms with Crippen molar-refractivity contribution in [3.05, 3.63) is 39.6 Å². The number of anilines is 1. The van der Waals surface area contributed by atoms with Gasteiger partial charge in [-0.3, -0.25) is 10.1 Å². The van der Waals surface area contributed by atoms with E-state index in [0.717, 1.165) is 23.7 Å². The van der Waals surface area contributed by atoms with Crippen molar-refractivity contribution < 1.29 is 9.66 Å². The summed E-state index contributed by atoms with van der Waals surface area (Å²) in [4.78, 5) is 10.4. The van der Waals surface area contributed by atoms with Crippen molar-refractivity contribution in [1.82, 2.24) is 9.59 Å². The highest BCUT2D eigenvalue weighted by atomic mass is 32.1. The molecule has 0 aliphatic heterocycles. The van der Waals surface area contributed by atoms with E-state index in [1.807, 2.05) is 0 Å². The molecule has 1 aromatic carbocycles. The Bertz CT molecular complexity index is 630. The molecule has 21 heavy (non-hydrogen) atoms. The number of aromatic nitrogens is 2. The zero-order valence-electron chi connectivity index (χ0n) is 11.8. The molecule has 1 aromatic heterocycles. The number of nitro benzene ring substituents is 1. The predicted octanol–water partition coefficient (Wildman–Crippen LogP) is 3.16. The lowest BCUT2D eigenvalue weighted by molar-refractivity contribution is -0.385. The first-order chi connectivity index (χ1) is 10.1. The van der Waals surface area contributed by atoms with Crippen LogP contribution in [0.2, 0.25) is 0 Å². The summed E-state index contributed by atoms with van der Waals surface area (Å²) < 4.78 is 9.53. The maximum atomic E-state index is 10.8. The third kappa shape index (κ3) is 3.88. The molecule has 0 saturated carbocycles. The molecule has 0 saturated heterocycles. The van der Waals surface area contributed by atoms with E-state index in [0.29, 0.717) is 11.3 Å². The molecule has 1 N–H and O–H groups in total. The Labute approximate surface area is 126 Å². The van der Waals surface area contributed by atoms with Crippen LogP contribution in [0.1, 0.15) is 24.6 Å². The van der Waals surface area contributed by atoms with Gasteiger partial charge in [-0.15, -0.1) is 5.10 Å². The molecule has 0 aliphatic carbocycles. The molecule has 2 rings (SSSR count). The van der Waals surface area contributed by atoms with E-state index in [-0.39, 0.29) is 12.3 Å². The summed E-state index contributed by atoms with van der Waals surface area (Å²) in [5, 5.41) is 18.9. The van der Waals surface area contributed by atoms with E-state index in [9.17, 15) is 10.1 Å². The molecular formula is C13H16N4O3S. The molecule has 0 radical (unpaired) electrons. The minimum atomic E-state index is -0.407. The summed E-state index contributed by atoms with van der Waals surface area (Å²) in [6.07, 6.45) is 1.01. The molecule has 8 heteroatoms. The zero-order valence-corrected chi connectivity index (χ0v) is 12.6. The third-order valence-electron chi connectivity index (χ3n) is 2.83. The second-order valence-corrected chi connectivity index (χ2v) is 5.22. The summed E-state index contributed by atoms with van der Waals surface area (Å²) in [5.41, 5.74) is 1.39. The van der Waals surface area contributed by atoms with E-state index in [1.165, 1.54) is 17.6 Å². The van der Waals surface area contributed by atoms with Gasteiger partial charge in [0.05, 0.1) is 4.92 Å². The van der Waals surface area contributed by atoms with Crippen molar-refractivity contribution in [2.75, 3.05) is 11.9 Å². The number of nitrogens with one attached hydrogen (secondary N) is 1. The average Bonchev–Trinajstić information content (AvgIpc) is 2.90. The van der Waals surface area contributed by atoms with Gasteiger partial charge >= 0.3 is 0 Å². The highest BCUT2D eigenvalue weighted by Crippen LogP contribution is 2.25. The Morgan fingerprint density at radius 2 is 2.29 bits per heavy atom. The standard InChI is InChI=1S/C13H16N4O3S/c1-3-6-14-13-11(15-16-21-13)8-20-10-4-5-12(17(18)19)9(2)7-10/h4-5,7,14H,3,6,8H2,1-2H3. The van der Waals surface area contributed by atoms with Crippen LogP contribution in [-0.4, -0.2) is 21.1 Å². The van der Waals surface area contributed by atoms with Gasteiger partial charge in [0, 0.05) is 29.7 Å². The average molecular weight is 308 g/mol. The molecule has 0 amide bonds. The maximum absolute atomic E-state index is 10.8. The number of ether oxygens (including phenoxy) is 1. The number of aryl methyl sites for hydroxylation is 1. The highest BCUT2D eigenvalue weighted by Gasteiger charge is 2.12. The van der Waals surface area contributed by atoms with E-state index in [2.05, 4.69) is 21.8 Å². The Kier molecular flexibility index (Phi) is 5.04. The summed E-state index contributed by atoms with van der Waals surface area (Å²) in [6, 6.07) is 4.68. The van der Waals surface area contributed by atoms with Crippen molar-refractivity contribution in [1.29, 1.82) is 0 Å². The third-order valence-corrected chi connectivity index (χ3v) is 3.56. The lowest BCUT2D eigenvalue weighted by Gasteiger charge is -2.07. The number of nitro groups is 1. The van der Waals surface area contributed by atoms with Gasteiger partial charge in [0.2, 0.25) is 0 Å². The van der Waals surface area contributed by atoms with Crippen LogP contribution in [0.3, 0.4) is 0 Å². The highest BCUT2D eigenvalue weighted by molar-refractivity contribution is 7.10. The van der Waals surface area contributed by atoms with E-state index < -0.39 is 4.92 Å². The minimum absolute atomic E-state index is 0.0861. The van der Waals surface area contributed by atoms with Crippen molar-refractivity contribution in [3.8, 4) is 5.75 Å². The Balaban J connectivity index is 2.02. The second kappa shape index (κ2) is 6.98. The summed E-state index contributed by atoms with van der Waals surface area (Å²) in [5.74, 6) is 0.576. The molecule has 2 aromatic rings. The smallest absolute Gasteiger partial charge is 0.272 e. The van der Waals surface area contributed by atoms with Gasteiger partial charge in [0.15, 0.2) is 0 Å². The summed E-state index contributed by atoms with van der Waals surface area (Å²) in [6.45, 7) is 4.90. The molecule has 0 bridgehead atoms. The molecular weight excluding hydrogens is 292 g/mol. The molecule has 0 spiro atoms. The van der Waals surface area contributed by atoms with Crippen LogP contribution in [0.5, 0.6) is 5.75 Å². The van der Waals surface area contributed by atoms with Crippen molar-refractivity contribution in [2.24, 2.45) is 0 Å². The fourth-order valence-corrected chi connectivity index (χ4v) is 2.34. The quantitative estimate of drug-likeness (QED) is 0.624. The molecule has 0 aliphatic rings. The van der Waals surface area contributed by atoms with Crippen LogP contribution >= 0.6 is 11.5 Å². The number of benzene rings is 1. The fraction of sp³-hybridized carbons (Fsp3) is 0.385. The predicted molar refractivity (Wildman–Crippen MR) is 80.9 cm³/mol. The van der Waals surface area contributed by atoms with Gasteiger partial charge in [0.25, 0.3) is 5.69 Å². The van der Waals surface area contributed by atoms with Crippen molar-refractivity contribution in [3.63, 3.8) is 0 Å². The molecule has 7 nitrogen and oxygen atoms in total. The maximum Gasteiger partial charge on any atom is 0.272 e. The fourth-order valence-electron chi connectivity index (χ4n) is 1.75. The van der Waals surface area contributed by atoms with Crippen LogP contribution in [0, 0.1) is 17.0 Å². The zero-order chi connectivity index (χ0) is 15.2. The van der Waals surface area contributed by atoms with E-state index in [1.54, 1.807) is 19.1 Å². The van der Waals surface area contributed by atoms with Gasteiger partial charge in [-0.25, -0.2) is 0 Å². The number of hydrogen-bond acceptors (Lipinski definition) is 7. The largest absolute Gasteiger partial charge is 0.487 e. The molecule has 112 valence electrons. The lowest BCUT2D eigenvalue weighted by Crippen LogP contribution is -2.04. The Morgan fingerprint density at radius 1 is 1.48 bits per heavy atom. The second-order valence-electron chi connectivity index (χ2n) is 4.47. The topological polar surface area (TPSA) is 90.2 Å². The van der Waals surface area contributed by atoms with Crippen LogP contribution in [0.25, 0.3) is 0 Å². The van der Waals surface area contributed by atoms with Crippen molar-refractivity contribution in [2.45, 2.75) is 26.9 Å². The van der Waals surface area contributed by atoms with Crippen LogP contribution in [0.15, 0.2) is 18.2 Å². The van der Waals surface area contributed by atoms with Gasteiger partial charge < -0.3 is 10.1 Å².